The minimum Gasteiger partial charge on any atom is -0.487 e. The molecule has 0 spiro atoms. The van der Waals surface area contributed by atoms with Crippen molar-refractivity contribution in [3.63, 3.8) is 0 Å². The highest BCUT2D eigenvalue weighted by atomic mass is 35.5. The Labute approximate surface area is 173 Å². The fraction of sp³-hybridized carbons (Fsp3) is 0.261. The lowest BCUT2D eigenvalue weighted by molar-refractivity contribution is 0.259. The number of ether oxygens (including phenoxy) is 1. The molecule has 0 atom stereocenters. The molecule has 0 aliphatic carbocycles. The maximum absolute atomic E-state index is 6.04. The molecule has 0 bridgehead atoms. The van der Waals surface area contributed by atoms with Gasteiger partial charge in [-0.25, -0.2) is 0 Å². The summed E-state index contributed by atoms with van der Waals surface area (Å²) in [5, 5.41) is 0. The van der Waals surface area contributed by atoms with Gasteiger partial charge >= 0.3 is 0 Å². The van der Waals surface area contributed by atoms with Crippen LogP contribution in [0, 0.1) is 0 Å². The van der Waals surface area contributed by atoms with Gasteiger partial charge in [0.2, 0.25) is 0 Å². The molecule has 1 aromatic heterocycles. The largest absolute Gasteiger partial charge is 0.487 e. The van der Waals surface area contributed by atoms with Gasteiger partial charge in [-0.3, -0.25) is 9.88 Å². The quantitative estimate of drug-likeness (QED) is 0.560. The van der Waals surface area contributed by atoms with Gasteiger partial charge in [0.15, 0.2) is 0 Å². The topological polar surface area (TPSA) is 51.4 Å². The van der Waals surface area contributed by atoms with Crippen LogP contribution in [-0.2, 0) is 19.6 Å². The van der Waals surface area contributed by atoms with E-state index >= 15 is 0 Å². The zero-order valence-corrected chi connectivity index (χ0v) is 16.9. The molecule has 0 unspecified atom stereocenters. The van der Waals surface area contributed by atoms with E-state index in [1.807, 2.05) is 30.3 Å². The van der Waals surface area contributed by atoms with E-state index < -0.39 is 0 Å². The number of nitrogens with zero attached hydrogens (tertiary/aromatic N) is 2. The van der Waals surface area contributed by atoms with E-state index in [2.05, 4.69) is 52.3 Å². The van der Waals surface area contributed by atoms with Gasteiger partial charge < -0.3 is 10.5 Å². The lowest BCUT2D eigenvalue weighted by Crippen LogP contribution is -2.31. The molecule has 0 radical (unpaired) electrons. The van der Waals surface area contributed by atoms with Gasteiger partial charge in [0.05, 0.1) is 5.69 Å². The molecule has 2 N–H and O–H groups in total. The maximum atomic E-state index is 6.04. The fourth-order valence-electron chi connectivity index (χ4n) is 3.04. The number of pyridine rings is 1. The van der Waals surface area contributed by atoms with Gasteiger partial charge in [-0.05, 0) is 30.2 Å². The van der Waals surface area contributed by atoms with Crippen LogP contribution in [0.25, 0.3) is 0 Å². The predicted molar refractivity (Wildman–Crippen MR) is 117 cm³/mol. The molecule has 0 aliphatic heterocycles. The molecule has 148 valence electrons. The second-order valence-corrected chi connectivity index (χ2v) is 6.52. The monoisotopic (exact) mass is 397 g/mol. The summed E-state index contributed by atoms with van der Waals surface area (Å²) in [6.45, 7) is 3.77. The molecule has 5 heteroatoms. The number of rotatable bonds is 10. The van der Waals surface area contributed by atoms with E-state index in [1.54, 1.807) is 6.20 Å². The number of hydrogen-bond acceptors (Lipinski definition) is 4. The molecule has 1 heterocycles. The first kappa shape index (κ1) is 21.9. The first-order valence-electron chi connectivity index (χ1n) is 9.42. The van der Waals surface area contributed by atoms with Gasteiger partial charge in [-0.1, -0.05) is 54.6 Å². The third-order valence-electron chi connectivity index (χ3n) is 4.47. The second-order valence-electron chi connectivity index (χ2n) is 6.52. The number of nitrogens with two attached hydrogens (primary N) is 1. The van der Waals surface area contributed by atoms with Crippen molar-refractivity contribution in [3.05, 3.63) is 95.8 Å². The number of para-hydroxylation sites is 1. The Bertz CT molecular complexity index is 799. The SMILES string of the molecule is Cl.NCCN(CCc1ccccc1)Cc1ccccc1OCc1ccccn1. The lowest BCUT2D eigenvalue weighted by atomic mass is 10.1. The summed E-state index contributed by atoms with van der Waals surface area (Å²) >= 11 is 0. The molecule has 0 saturated carbocycles. The van der Waals surface area contributed by atoms with E-state index in [0.717, 1.165) is 37.5 Å². The van der Waals surface area contributed by atoms with Crippen LogP contribution in [0.3, 0.4) is 0 Å². The predicted octanol–water partition coefficient (Wildman–Crippen LogP) is 4.09. The van der Waals surface area contributed by atoms with Crippen molar-refractivity contribution < 1.29 is 4.74 Å². The minimum atomic E-state index is 0. The van der Waals surface area contributed by atoms with Gasteiger partial charge in [0.1, 0.15) is 12.4 Å². The summed E-state index contributed by atoms with van der Waals surface area (Å²) in [6, 6.07) is 24.6. The van der Waals surface area contributed by atoms with Crippen molar-refractivity contribution in [2.24, 2.45) is 5.73 Å². The Hall–Kier alpha value is -2.40. The number of aromatic nitrogens is 1. The van der Waals surface area contributed by atoms with Crippen LogP contribution >= 0.6 is 12.4 Å². The average Bonchev–Trinajstić information content (AvgIpc) is 2.73. The first-order chi connectivity index (χ1) is 13.3. The van der Waals surface area contributed by atoms with Gasteiger partial charge in [0, 0.05) is 37.9 Å². The van der Waals surface area contributed by atoms with Gasteiger partial charge in [0.25, 0.3) is 0 Å². The molecular weight excluding hydrogens is 370 g/mol. The highest BCUT2D eigenvalue weighted by Crippen LogP contribution is 2.21. The Morgan fingerprint density at radius 2 is 1.61 bits per heavy atom. The Morgan fingerprint density at radius 3 is 2.36 bits per heavy atom. The summed E-state index contributed by atoms with van der Waals surface area (Å²) in [5.74, 6) is 0.907. The summed E-state index contributed by atoms with van der Waals surface area (Å²) in [4.78, 5) is 6.71. The van der Waals surface area contributed by atoms with Crippen molar-refractivity contribution in [1.82, 2.24) is 9.88 Å². The van der Waals surface area contributed by atoms with E-state index in [9.17, 15) is 0 Å². The van der Waals surface area contributed by atoms with Crippen molar-refractivity contribution in [3.8, 4) is 5.75 Å². The number of hydrogen-bond donors (Lipinski definition) is 1. The third kappa shape index (κ3) is 6.97. The Kier molecular flexibility index (Phi) is 9.49. The normalized spacial score (nSPS) is 10.5. The first-order valence-corrected chi connectivity index (χ1v) is 9.42. The second kappa shape index (κ2) is 12.1. The van der Waals surface area contributed by atoms with E-state index in [0.29, 0.717) is 13.2 Å². The molecule has 3 rings (SSSR count). The number of halogens is 1. The standard InChI is InChI=1S/C23H27N3O.ClH/c24-14-17-26(16-13-20-8-2-1-3-9-20)18-21-10-4-5-12-23(21)27-19-22-11-6-7-15-25-22;/h1-12,15H,13-14,16-19,24H2;1H. The molecule has 3 aromatic rings. The van der Waals surface area contributed by atoms with E-state index in [4.69, 9.17) is 10.5 Å². The van der Waals surface area contributed by atoms with Crippen molar-refractivity contribution in [1.29, 1.82) is 0 Å². The van der Waals surface area contributed by atoms with Crippen LogP contribution in [0.15, 0.2) is 79.0 Å². The summed E-state index contributed by atoms with van der Waals surface area (Å²) < 4.78 is 6.04. The Morgan fingerprint density at radius 1 is 0.857 bits per heavy atom. The van der Waals surface area contributed by atoms with Crippen molar-refractivity contribution in [2.75, 3.05) is 19.6 Å². The zero-order chi connectivity index (χ0) is 18.7. The minimum absolute atomic E-state index is 0. The average molecular weight is 398 g/mol. The van der Waals surface area contributed by atoms with E-state index in [-0.39, 0.29) is 12.4 Å². The highest BCUT2D eigenvalue weighted by molar-refractivity contribution is 5.85. The Balaban J connectivity index is 0.00000280. The number of benzene rings is 2. The molecule has 0 fully saturated rings. The molecular formula is C23H28ClN3O. The van der Waals surface area contributed by atoms with Crippen LogP contribution in [0.1, 0.15) is 16.8 Å². The molecule has 4 nitrogen and oxygen atoms in total. The summed E-state index contributed by atoms with van der Waals surface area (Å²) in [7, 11) is 0. The fourth-order valence-corrected chi connectivity index (χ4v) is 3.04. The van der Waals surface area contributed by atoms with Crippen molar-refractivity contribution >= 4 is 12.4 Å². The molecule has 28 heavy (non-hydrogen) atoms. The smallest absolute Gasteiger partial charge is 0.130 e. The summed E-state index contributed by atoms with van der Waals surface area (Å²) in [6.07, 6.45) is 2.80. The summed E-state index contributed by atoms with van der Waals surface area (Å²) in [5.41, 5.74) is 9.29. The third-order valence-corrected chi connectivity index (χ3v) is 4.47. The maximum Gasteiger partial charge on any atom is 0.130 e. The molecule has 0 aliphatic rings. The lowest BCUT2D eigenvalue weighted by Gasteiger charge is -2.23. The van der Waals surface area contributed by atoms with Crippen LogP contribution < -0.4 is 10.5 Å². The highest BCUT2D eigenvalue weighted by Gasteiger charge is 2.10. The van der Waals surface area contributed by atoms with Crippen LogP contribution in [-0.4, -0.2) is 29.5 Å². The zero-order valence-electron chi connectivity index (χ0n) is 16.0. The molecule has 0 saturated heterocycles. The van der Waals surface area contributed by atoms with Crippen LogP contribution in [0.5, 0.6) is 5.75 Å². The molecule has 0 amide bonds. The van der Waals surface area contributed by atoms with E-state index in [1.165, 1.54) is 11.1 Å². The van der Waals surface area contributed by atoms with Gasteiger partial charge in [-0.2, -0.15) is 0 Å². The molecule has 2 aromatic carbocycles. The van der Waals surface area contributed by atoms with Crippen LogP contribution in [0.4, 0.5) is 0 Å². The van der Waals surface area contributed by atoms with Crippen LogP contribution in [0.2, 0.25) is 0 Å². The van der Waals surface area contributed by atoms with Gasteiger partial charge in [-0.15, -0.1) is 12.4 Å². The van der Waals surface area contributed by atoms with Crippen molar-refractivity contribution in [2.45, 2.75) is 19.6 Å².